The average molecular weight is 421 g/mol. The zero-order valence-corrected chi connectivity index (χ0v) is 17.8. The number of benzene rings is 1. The van der Waals surface area contributed by atoms with E-state index in [1.807, 2.05) is 30.3 Å². The Labute approximate surface area is 176 Å². The molecule has 166 valence electrons. The Balaban J connectivity index is 1.91. The summed E-state index contributed by atoms with van der Waals surface area (Å²) in [4.78, 5) is 38.7. The second kappa shape index (κ2) is 10.4. The molecule has 0 spiro atoms. The number of hydrogen-bond donors (Lipinski definition) is 3. The van der Waals surface area contributed by atoms with Crippen molar-refractivity contribution >= 4 is 18.0 Å². The molecule has 1 aliphatic rings. The van der Waals surface area contributed by atoms with E-state index in [0.29, 0.717) is 6.54 Å². The van der Waals surface area contributed by atoms with Crippen LogP contribution in [0.3, 0.4) is 0 Å². The number of nitrogens with zero attached hydrogens (tertiary/aromatic N) is 1. The lowest BCUT2D eigenvalue weighted by molar-refractivity contribution is -0.135. The van der Waals surface area contributed by atoms with Gasteiger partial charge < -0.3 is 25.2 Å². The van der Waals surface area contributed by atoms with Crippen molar-refractivity contribution in [2.45, 2.75) is 44.9 Å². The lowest BCUT2D eigenvalue weighted by Crippen LogP contribution is -2.69. The molecule has 2 rings (SSSR count). The minimum Gasteiger partial charge on any atom is -0.445 e. The largest absolute Gasteiger partial charge is 0.445 e. The molecule has 2 amide bonds. The van der Waals surface area contributed by atoms with Crippen molar-refractivity contribution < 1.29 is 29.0 Å². The predicted octanol–water partition coefficient (Wildman–Crippen LogP) is 1.44. The second-order valence-corrected chi connectivity index (χ2v) is 8.16. The van der Waals surface area contributed by atoms with Crippen molar-refractivity contribution in [3.63, 3.8) is 0 Å². The van der Waals surface area contributed by atoms with Gasteiger partial charge in [0.1, 0.15) is 17.7 Å². The number of ether oxygens (including phenoxy) is 2. The van der Waals surface area contributed by atoms with Gasteiger partial charge in [-0.25, -0.2) is 9.59 Å². The van der Waals surface area contributed by atoms with Crippen molar-refractivity contribution in [2.75, 3.05) is 32.8 Å². The first-order chi connectivity index (χ1) is 14.2. The first kappa shape index (κ1) is 23.6. The zero-order chi connectivity index (χ0) is 22.2. The Hall–Kier alpha value is -2.65. The SMILES string of the molecule is CC(C)(C)OC(=O)N1CCNCC1(CO)C(=O)CCNC(=O)OCc1ccccc1. The first-order valence-corrected chi connectivity index (χ1v) is 9.98. The van der Waals surface area contributed by atoms with Crippen molar-refractivity contribution in [1.82, 2.24) is 15.5 Å². The summed E-state index contributed by atoms with van der Waals surface area (Å²) in [5, 5.41) is 15.6. The van der Waals surface area contributed by atoms with E-state index in [0.717, 1.165) is 5.56 Å². The molecule has 1 saturated heterocycles. The molecule has 30 heavy (non-hydrogen) atoms. The van der Waals surface area contributed by atoms with E-state index in [2.05, 4.69) is 10.6 Å². The number of carbonyl (C=O) groups is 3. The summed E-state index contributed by atoms with van der Waals surface area (Å²) in [6.45, 7) is 5.64. The van der Waals surface area contributed by atoms with Crippen LogP contribution in [-0.2, 0) is 20.9 Å². The van der Waals surface area contributed by atoms with Crippen LogP contribution in [0.25, 0.3) is 0 Å². The van der Waals surface area contributed by atoms with Crippen LogP contribution in [0.15, 0.2) is 30.3 Å². The normalized spacial score (nSPS) is 19.1. The molecule has 1 heterocycles. The predicted molar refractivity (Wildman–Crippen MR) is 110 cm³/mol. The second-order valence-electron chi connectivity index (χ2n) is 8.16. The van der Waals surface area contributed by atoms with Gasteiger partial charge in [0, 0.05) is 32.6 Å². The number of nitrogens with one attached hydrogen (secondary N) is 2. The number of hydrogen-bond acceptors (Lipinski definition) is 7. The van der Waals surface area contributed by atoms with E-state index in [1.165, 1.54) is 4.90 Å². The van der Waals surface area contributed by atoms with Gasteiger partial charge in [0.25, 0.3) is 0 Å². The Morgan fingerprint density at radius 1 is 1.23 bits per heavy atom. The van der Waals surface area contributed by atoms with Crippen LogP contribution in [-0.4, -0.2) is 71.9 Å². The molecule has 9 heteroatoms. The zero-order valence-electron chi connectivity index (χ0n) is 17.8. The third-order valence-electron chi connectivity index (χ3n) is 4.67. The fourth-order valence-corrected chi connectivity index (χ4v) is 3.14. The third-order valence-corrected chi connectivity index (χ3v) is 4.67. The monoisotopic (exact) mass is 421 g/mol. The molecule has 0 aromatic heterocycles. The average Bonchev–Trinajstić information content (AvgIpc) is 2.71. The summed E-state index contributed by atoms with van der Waals surface area (Å²) in [6, 6.07) is 9.23. The third kappa shape index (κ3) is 6.43. The maximum atomic E-state index is 13.0. The smallest absolute Gasteiger partial charge is 0.411 e. The maximum absolute atomic E-state index is 13.0. The molecule has 0 radical (unpaired) electrons. The molecule has 1 aliphatic heterocycles. The maximum Gasteiger partial charge on any atom is 0.411 e. The first-order valence-electron chi connectivity index (χ1n) is 9.98. The minimum atomic E-state index is -1.43. The summed E-state index contributed by atoms with van der Waals surface area (Å²) < 4.78 is 10.5. The van der Waals surface area contributed by atoms with Gasteiger partial charge in [0.15, 0.2) is 5.78 Å². The number of alkyl carbamates (subject to hydrolysis) is 1. The summed E-state index contributed by atoms with van der Waals surface area (Å²) in [6.07, 6.45) is -1.36. The van der Waals surface area contributed by atoms with E-state index in [1.54, 1.807) is 20.8 Å². The van der Waals surface area contributed by atoms with E-state index < -0.39 is 29.9 Å². The van der Waals surface area contributed by atoms with Gasteiger partial charge in [-0.2, -0.15) is 0 Å². The molecule has 1 aromatic rings. The van der Waals surface area contributed by atoms with Gasteiger partial charge in [-0.1, -0.05) is 30.3 Å². The molecular formula is C21H31N3O6. The summed E-state index contributed by atoms with van der Waals surface area (Å²) >= 11 is 0. The van der Waals surface area contributed by atoms with Gasteiger partial charge in [-0.3, -0.25) is 9.69 Å². The summed E-state index contributed by atoms with van der Waals surface area (Å²) in [7, 11) is 0. The van der Waals surface area contributed by atoms with Crippen LogP contribution < -0.4 is 10.6 Å². The fraction of sp³-hybridized carbons (Fsp3) is 0.571. The highest BCUT2D eigenvalue weighted by Crippen LogP contribution is 2.23. The number of ketones is 1. The lowest BCUT2D eigenvalue weighted by atomic mass is 9.88. The lowest BCUT2D eigenvalue weighted by Gasteiger charge is -2.45. The van der Waals surface area contributed by atoms with Gasteiger partial charge in [-0.05, 0) is 26.3 Å². The Kier molecular flexibility index (Phi) is 8.19. The Morgan fingerprint density at radius 2 is 1.93 bits per heavy atom. The van der Waals surface area contributed by atoms with Gasteiger partial charge in [0.05, 0.1) is 6.61 Å². The highest BCUT2D eigenvalue weighted by Gasteiger charge is 2.48. The molecular weight excluding hydrogens is 390 g/mol. The van der Waals surface area contributed by atoms with Crippen molar-refractivity contribution in [1.29, 1.82) is 0 Å². The molecule has 1 aromatic carbocycles. The number of carbonyl (C=O) groups excluding carboxylic acids is 3. The van der Waals surface area contributed by atoms with E-state index in [4.69, 9.17) is 9.47 Å². The highest BCUT2D eigenvalue weighted by molar-refractivity contribution is 5.92. The summed E-state index contributed by atoms with van der Waals surface area (Å²) in [5.74, 6) is -0.369. The number of aliphatic hydroxyl groups excluding tert-OH is 1. The quantitative estimate of drug-likeness (QED) is 0.610. The van der Waals surface area contributed by atoms with Gasteiger partial charge in [0.2, 0.25) is 0 Å². The molecule has 1 atom stereocenters. The van der Waals surface area contributed by atoms with Crippen molar-refractivity contribution in [3.05, 3.63) is 35.9 Å². The van der Waals surface area contributed by atoms with E-state index >= 15 is 0 Å². The Morgan fingerprint density at radius 3 is 2.57 bits per heavy atom. The van der Waals surface area contributed by atoms with Gasteiger partial charge in [-0.15, -0.1) is 0 Å². The van der Waals surface area contributed by atoms with Crippen molar-refractivity contribution in [2.24, 2.45) is 0 Å². The molecule has 1 unspecified atom stereocenters. The number of piperazine rings is 1. The number of amides is 2. The van der Waals surface area contributed by atoms with Crippen LogP contribution in [0.4, 0.5) is 9.59 Å². The highest BCUT2D eigenvalue weighted by atomic mass is 16.6. The van der Waals surface area contributed by atoms with Crippen molar-refractivity contribution in [3.8, 4) is 0 Å². The molecule has 0 bridgehead atoms. The molecule has 1 fully saturated rings. The molecule has 0 aliphatic carbocycles. The van der Waals surface area contributed by atoms with E-state index in [9.17, 15) is 19.5 Å². The number of Topliss-reactive ketones (excluding diaryl/α,β-unsaturated/α-hetero) is 1. The topological polar surface area (TPSA) is 117 Å². The van der Waals surface area contributed by atoms with Crippen LogP contribution >= 0.6 is 0 Å². The van der Waals surface area contributed by atoms with E-state index in [-0.39, 0.29) is 38.4 Å². The number of aliphatic hydroxyl groups is 1. The molecule has 0 saturated carbocycles. The minimum absolute atomic E-state index is 0.0242. The van der Waals surface area contributed by atoms with Crippen LogP contribution in [0.1, 0.15) is 32.8 Å². The van der Waals surface area contributed by atoms with Crippen LogP contribution in [0.2, 0.25) is 0 Å². The molecule has 9 nitrogen and oxygen atoms in total. The van der Waals surface area contributed by atoms with Crippen LogP contribution in [0, 0.1) is 0 Å². The van der Waals surface area contributed by atoms with Gasteiger partial charge >= 0.3 is 12.2 Å². The number of rotatable bonds is 7. The summed E-state index contributed by atoms with van der Waals surface area (Å²) in [5.41, 5.74) is -1.31. The fourth-order valence-electron chi connectivity index (χ4n) is 3.14. The van der Waals surface area contributed by atoms with Crippen LogP contribution in [0.5, 0.6) is 0 Å². The Bertz CT molecular complexity index is 734. The standard InChI is InChI=1S/C21H31N3O6/c1-20(2,3)30-19(28)24-12-11-22-14-21(24,15-25)17(26)9-10-23-18(27)29-13-16-7-5-4-6-8-16/h4-8,22,25H,9-15H2,1-3H3,(H,23,27). The molecule has 3 N–H and O–H groups in total.